The van der Waals surface area contributed by atoms with Crippen molar-refractivity contribution in [1.82, 2.24) is 10.2 Å². The molecule has 0 aliphatic carbocycles. The smallest absolute Gasteiger partial charge is 0.264 e. The number of hydrogen-bond acceptors (Lipinski definition) is 4. The molecule has 11 heteroatoms. The van der Waals surface area contributed by atoms with E-state index in [-0.39, 0.29) is 35.5 Å². The molecule has 2 amide bonds. The SMILES string of the molecule is CC[C@@H](C(=O)NC(C)C)N(Cc1c(Cl)cccc1Cl)C(=O)CN(c1cccc(Cl)c1C)S(=O)(=O)c1ccc(C)cc1. The molecule has 0 saturated carbocycles. The molecule has 0 fully saturated rings. The van der Waals surface area contributed by atoms with Crippen LogP contribution in [0.2, 0.25) is 15.1 Å². The van der Waals surface area contributed by atoms with Gasteiger partial charge >= 0.3 is 0 Å². The average Bonchev–Trinajstić information content (AvgIpc) is 2.90. The molecule has 220 valence electrons. The average molecular weight is 639 g/mol. The quantitative estimate of drug-likeness (QED) is 0.251. The molecule has 0 saturated heterocycles. The minimum absolute atomic E-state index is 0.0144. The van der Waals surface area contributed by atoms with Crippen molar-refractivity contribution in [3.05, 3.63) is 92.4 Å². The minimum atomic E-state index is -4.23. The van der Waals surface area contributed by atoms with Gasteiger partial charge in [0.2, 0.25) is 11.8 Å². The highest BCUT2D eigenvalue weighted by Crippen LogP contribution is 2.32. The third kappa shape index (κ3) is 7.74. The van der Waals surface area contributed by atoms with Crippen LogP contribution in [0.15, 0.2) is 65.6 Å². The molecule has 0 aromatic heterocycles. The Labute approximate surface area is 257 Å². The zero-order chi connectivity index (χ0) is 30.5. The van der Waals surface area contributed by atoms with Gasteiger partial charge in [-0.2, -0.15) is 0 Å². The molecule has 3 aromatic rings. The van der Waals surface area contributed by atoms with E-state index in [4.69, 9.17) is 34.8 Å². The van der Waals surface area contributed by atoms with Crippen molar-refractivity contribution in [3.63, 3.8) is 0 Å². The number of carbonyl (C=O) groups excluding carboxylic acids is 2. The highest BCUT2D eigenvalue weighted by molar-refractivity contribution is 7.92. The molecule has 1 N–H and O–H groups in total. The first-order valence-electron chi connectivity index (χ1n) is 13.1. The molecule has 3 aromatic carbocycles. The second-order valence-corrected chi connectivity index (χ2v) is 13.1. The van der Waals surface area contributed by atoms with Gasteiger partial charge < -0.3 is 10.2 Å². The van der Waals surface area contributed by atoms with Gasteiger partial charge in [0.05, 0.1) is 10.6 Å². The molecule has 7 nitrogen and oxygen atoms in total. The van der Waals surface area contributed by atoms with Crippen LogP contribution in [0.1, 0.15) is 43.9 Å². The van der Waals surface area contributed by atoms with Crippen molar-refractivity contribution in [2.45, 2.75) is 64.6 Å². The van der Waals surface area contributed by atoms with Gasteiger partial charge in [-0.1, -0.05) is 71.6 Å². The van der Waals surface area contributed by atoms with E-state index in [9.17, 15) is 18.0 Å². The monoisotopic (exact) mass is 637 g/mol. The van der Waals surface area contributed by atoms with Crippen molar-refractivity contribution in [1.29, 1.82) is 0 Å². The number of aryl methyl sites for hydroxylation is 1. The van der Waals surface area contributed by atoms with Crippen molar-refractivity contribution < 1.29 is 18.0 Å². The van der Waals surface area contributed by atoms with Gasteiger partial charge in [0.25, 0.3) is 10.0 Å². The molecule has 1 atom stereocenters. The Kier molecular flexibility index (Phi) is 11.1. The van der Waals surface area contributed by atoms with Crippen LogP contribution in [0.4, 0.5) is 5.69 Å². The maximum absolute atomic E-state index is 14.2. The number of halogens is 3. The summed E-state index contributed by atoms with van der Waals surface area (Å²) in [5.41, 5.74) is 2.08. The van der Waals surface area contributed by atoms with Crippen LogP contribution in [0.3, 0.4) is 0 Å². The lowest BCUT2D eigenvalue weighted by Crippen LogP contribution is -2.53. The summed E-state index contributed by atoms with van der Waals surface area (Å²) >= 11 is 19.3. The third-order valence-corrected chi connectivity index (χ3v) is 9.49. The highest BCUT2D eigenvalue weighted by atomic mass is 35.5. The molecule has 41 heavy (non-hydrogen) atoms. The van der Waals surface area contributed by atoms with E-state index >= 15 is 0 Å². The Bertz CT molecular complexity index is 1490. The van der Waals surface area contributed by atoms with E-state index in [1.807, 2.05) is 20.8 Å². The van der Waals surface area contributed by atoms with Crippen molar-refractivity contribution in [2.75, 3.05) is 10.8 Å². The van der Waals surface area contributed by atoms with Gasteiger partial charge in [-0.15, -0.1) is 0 Å². The molecule has 0 aliphatic rings. The van der Waals surface area contributed by atoms with Gasteiger partial charge in [-0.05, 0) is 76.1 Å². The molecule has 0 radical (unpaired) electrons. The molecule has 0 unspecified atom stereocenters. The maximum atomic E-state index is 14.2. The standard InChI is InChI=1S/C30H34Cl3N3O4S/c1-6-27(30(38)34-19(2)3)35(17-23-25(32)10-7-11-26(23)33)29(37)18-36(28-12-8-9-24(31)21(28)5)41(39,40)22-15-13-20(4)14-16-22/h7-16,19,27H,6,17-18H2,1-5H3,(H,34,38)/t27-/m0/s1. The van der Waals surface area contributed by atoms with Crippen molar-refractivity contribution in [3.8, 4) is 0 Å². The zero-order valence-corrected chi connectivity index (χ0v) is 26.7. The van der Waals surface area contributed by atoms with E-state index in [1.165, 1.54) is 17.0 Å². The van der Waals surface area contributed by atoms with Gasteiger partial charge in [-0.3, -0.25) is 13.9 Å². The Morgan fingerprint density at radius 2 is 1.44 bits per heavy atom. The predicted octanol–water partition coefficient (Wildman–Crippen LogP) is 6.79. The summed E-state index contributed by atoms with van der Waals surface area (Å²) in [6.45, 7) is 8.26. The molecule has 3 rings (SSSR count). The molecule has 0 heterocycles. The summed E-state index contributed by atoms with van der Waals surface area (Å²) < 4.78 is 29.1. The number of anilines is 1. The van der Waals surface area contributed by atoms with Crippen LogP contribution in [-0.4, -0.2) is 43.8 Å². The summed E-state index contributed by atoms with van der Waals surface area (Å²) in [4.78, 5) is 28.8. The van der Waals surface area contributed by atoms with Crippen LogP contribution in [-0.2, 0) is 26.2 Å². The summed E-state index contributed by atoms with van der Waals surface area (Å²) in [7, 11) is -4.23. The summed E-state index contributed by atoms with van der Waals surface area (Å²) in [5, 5.41) is 3.85. The summed E-state index contributed by atoms with van der Waals surface area (Å²) in [6, 6.07) is 15.1. The fourth-order valence-corrected chi connectivity index (χ4v) is 6.53. The topological polar surface area (TPSA) is 86.8 Å². The first-order valence-corrected chi connectivity index (χ1v) is 15.7. The van der Waals surface area contributed by atoms with Crippen LogP contribution < -0.4 is 9.62 Å². The van der Waals surface area contributed by atoms with Gasteiger partial charge in [0, 0.05) is 33.2 Å². The number of nitrogens with zero attached hydrogens (tertiary/aromatic N) is 2. The summed E-state index contributed by atoms with van der Waals surface area (Å²) in [6.07, 6.45) is 0.271. The fraction of sp³-hybridized carbons (Fsp3) is 0.333. The number of sulfonamides is 1. The Morgan fingerprint density at radius 1 is 0.878 bits per heavy atom. The van der Waals surface area contributed by atoms with Crippen molar-refractivity contribution >= 4 is 62.3 Å². The Morgan fingerprint density at radius 3 is 2.00 bits per heavy atom. The van der Waals surface area contributed by atoms with E-state index < -0.39 is 28.5 Å². The molecule has 0 spiro atoms. The number of rotatable bonds is 11. The maximum Gasteiger partial charge on any atom is 0.264 e. The lowest BCUT2D eigenvalue weighted by Gasteiger charge is -2.34. The van der Waals surface area contributed by atoms with Crippen LogP contribution in [0.5, 0.6) is 0 Å². The molecule has 0 bridgehead atoms. The summed E-state index contributed by atoms with van der Waals surface area (Å²) in [5.74, 6) is -0.979. The molecular weight excluding hydrogens is 605 g/mol. The number of carbonyl (C=O) groups is 2. The van der Waals surface area contributed by atoms with Gasteiger partial charge in [0.1, 0.15) is 12.6 Å². The highest BCUT2D eigenvalue weighted by Gasteiger charge is 2.35. The first kappa shape index (κ1) is 32.7. The van der Waals surface area contributed by atoms with Crippen LogP contribution >= 0.6 is 34.8 Å². The van der Waals surface area contributed by atoms with Gasteiger partial charge in [-0.25, -0.2) is 8.42 Å². The number of amides is 2. The third-order valence-electron chi connectivity index (χ3n) is 6.60. The first-order chi connectivity index (χ1) is 19.3. The van der Waals surface area contributed by atoms with Crippen LogP contribution in [0, 0.1) is 13.8 Å². The number of nitrogens with one attached hydrogen (secondary N) is 1. The lowest BCUT2D eigenvalue weighted by atomic mass is 10.1. The molecule has 0 aliphatic heterocycles. The second-order valence-electron chi connectivity index (χ2n) is 10.0. The fourth-order valence-electron chi connectivity index (χ4n) is 4.37. The van der Waals surface area contributed by atoms with Crippen molar-refractivity contribution in [2.24, 2.45) is 0 Å². The number of hydrogen-bond donors (Lipinski definition) is 1. The predicted molar refractivity (Wildman–Crippen MR) is 166 cm³/mol. The zero-order valence-electron chi connectivity index (χ0n) is 23.6. The second kappa shape index (κ2) is 13.9. The minimum Gasteiger partial charge on any atom is -0.352 e. The van der Waals surface area contributed by atoms with E-state index in [0.29, 0.717) is 26.2 Å². The van der Waals surface area contributed by atoms with E-state index in [0.717, 1.165) is 9.87 Å². The van der Waals surface area contributed by atoms with E-state index in [1.54, 1.807) is 62.4 Å². The van der Waals surface area contributed by atoms with Crippen LogP contribution in [0.25, 0.3) is 0 Å². The normalized spacial score (nSPS) is 12.2. The Hall–Kier alpha value is -2.78. The van der Waals surface area contributed by atoms with E-state index in [2.05, 4.69) is 5.32 Å². The lowest BCUT2D eigenvalue weighted by molar-refractivity contribution is -0.140. The van der Waals surface area contributed by atoms with Gasteiger partial charge in [0.15, 0.2) is 0 Å². The number of benzene rings is 3. The largest absolute Gasteiger partial charge is 0.352 e. The Balaban J connectivity index is 2.15. The molecular formula is C30H34Cl3N3O4S.